The standard InChI is InChI=1S/C9H14N2O3/c1-4-14-8(12)7-5(2)10-9(13)11-6(7)3/h5,7H,4H2,1-3H3,(H,10,13)/t5-,7+/m1/s1. The fraction of sp³-hybridized carbons (Fsp3) is 0.667. The van der Waals surface area contributed by atoms with Gasteiger partial charge in [0.25, 0.3) is 0 Å². The van der Waals surface area contributed by atoms with E-state index in [9.17, 15) is 9.59 Å². The third-order valence-electron chi connectivity index (χ3n) is 2.12. The second kappa shape index (κ2) is 4.21. The molecule has 1 rings (SSSR count). The van der Waals surface area contributed by atoms with Gasteiger partial charge in [-0.05, 0) is 20.8 Å². The van der Waals surface area contributed by atoms with Gasteiger partial charge in [0.05, 0.1) is 6.61 Å². The Labute approximate surface area is 82.5 Å². The first-order valence-electron chi connectivity index (χ1n) is 4.58. The van der Waals surface area contributed by atoms with E-state index in [1.54, 1.807) is 20.8 Å². The number of hydrogen-bond donors (Lipinski definition) is 1. The molecule has 2 atom stereocenters. The topological polar surface area (TPSA) is 67.8 Å². The second-order valence-corrected chi connectivity index (χ2v) is 3.22. The lowest BCUT2D eigenvalue weighted by atomic mass is 9.95. The highest BCUT2D eigenvalue weighted by Crippen LogP contribution is 2.13. The Morgan fingerprint density at radius 1 is 1.64 bits per heavy atom. The SMILES string of the molecule is CCOC(=O)[C@@H]1C(C)=NC(=O)N[C@@H]1C. The van der Waals surface area contributed by atoms with Gasteiger partial charge in [-0.1, -0.05) is 0 Å². The van der Waals surface area contributed by atoms with Gasteiger partial charge in [0, 0.05) is 11.8 Å². The third kappa shape index (κ3) is 2.10. The van der Waals surface area contributed by atoms with Gasteiger partial charge >= 0.3 is 12.0 Å². The van der Waals surface area contributed by atoms with Gasteiger partial charge in [-0.25, -0.2) is 9.79 Å². The summed E-state index contributed by atoms with van der Waals surface area (Å²) in [7, 11) is 0. The molecule has 1 aliphatic rings. The smallest absolute Gasteiger partial charge is 0.341 e. The molecule has 14 heavy (non-hydrogen) atoms. The first-order chi connectivity index (χ1) is 6.56. The quantitative estimate of drug-likeness (QED) is 0.665. The Hall–Kier alpha value is -1.39. The summed E-state index contributed by atoms with van der Waals surface area (Å²) in [5, 5.41) is 2.57. The molecule has 0 aromatic heterocycles. The van der Waals surface area contributed by atoms with Crippen LogP contribution < -0.4 is 5.32 Å². The van der Waals surface area contributed by atoms with Crippen LogP contribution >= 0.6 is 0 Å². The molecule has 0 radical (unpaired) electrons. The van der Waals surface area contributed by atoms with Crippen molar-refractivity contribution in [3.63, 3.8) is 0 Å². The van der Waals surface area contributed by atoms with Crippen molar-refractivity contribution in [1.82, 2.24) is 5.32 Å². The van der Waals surface area contributed by atoms with Gasteiger partial charge in [-0.3, -0.25) is 4.79 Å². The normalized spacial score (nSPS) is 26.5. The van der Waals surface area contributed by atoms with Gasteiger partial charge in [0.1, 0.15) is 5.92 Å². The number of ether oxygens (including phenoxy) is 1. The van der Waals surface area contributed by atoms with Crippen molar-refractivity contribution in [2.45, 2.75) is 26.8 Å². The molecule has 0 fully saturated rings. The molecule has 1 N–H and O–H groups in total. The van der Waals surface area contributed by atoms with Gasteiger partial charge in [0.15, 0.2) is 0 Å². The van der Waals surface area contributed by atoms with Crippen LogP contribution in [0.2, 0.25) is 0 Å². The van der Waals surface area contributed by atoms with E-state index in [0.29, 0.717) is 12.3 Å². The number of esters is 1. The first kappa shape index (κ1) is 10.7. The highest BCUT2D eigenvalue weighted by Gasteiger charge is 2.33. The van der Waals surface area contributed by atoms with Crippen molar-refractivity contribution in [1.29, 1.82) is 0 Å². The fourth-order valence-corrected chi connectivity index (χ4v) is 1.51. The summed E-state index contributed by atoms with van der Waals surface area (Å²) in [5.41, 5.74) is 0.514. The minimum Gasteiger partial charge on any atom is -0.465 e. The lowest BCUT2D eigenvalue weighted by molar-refractivity contribution is -0.146. The zero-order chi connectivity index (χ0) is 10.7. The van der Waals surface area contributed by atoms with Crippen LogP contribution in [0.3, 0.4) is 0 Å². The van der Waals surface area contributed by atoms with Crippen LogP contribution in [0.1, 0.15) is 20.8 Å². The molecule has 0 saturated carbocycles. The van der Waals surface area contributed by atoms with Crippen molar-refractivity contribution >= 4 is 17.7 Å². The van der Waals surface area contributed by atoms with E-state index in [0.717, 1.165) is 0 Å². The minimum absolute atomic E-state index is 0.251. The van der Waals surface area contributed by atoms with E-state index < -0.39 is 11.9 Å². The number of nitrogens with zero attached hydrogens (tertiary/aromatic N) is 1. The Morgan fingerprint density at radius 2 is 2.29 bits per heavy atom. The van der Waals surface area contributed by atoms with Crippen LogP contribution in [0.5, 0.6) is 0 Å². The van der Waals surface area contributed by atoms with Gasteiger partial charge in [-0.15, -0.1) is 0 Å². The van der Waals surface area contributed by atoms with Crippen LogP contribution in [0, 0.1) is 5.92 Å². The second-order valence-electron chi connectivity index (χ2n) is 3.22. The number of nitrogens with one attached hydrogen (secondary N) is 1. The Bertz CT molecular complexity index is 286. The lowest BCUT2D eigenvalue weighted by Gasteiger charge is -2.26. The van der Waals surface area contributed by atoms with Crippen molar-refractivity contribution in [3.8, 4) is 0 Å². The highest BCUT2D eigenvalue weighted by molar-refractivity contribution is 6.07. The summed E-state index contributed by atoms with van der Waals surface area (Å²) < 4.78 is 4.89. The minimum atomic E-state index is -0.451. The average molecular weight is 198 g/mol. The number of hydrogen-bond acceptors (Lipinski definition) is 3. The molecule has 0 aliphatic carbocycles. The molecule has 1 aliphatic heterocycles. The van der Waals surface area contributed by atoms with Gasteiger partial charge < -0.3 is 10.1 Å². The molecule has 0 bridgehead atoms. The molecule has 0 saturated heterocycles. The Kier molecular flexibility index (Phi) is 3.22. The summed E-state index contributed by atoms with van der Waals surface area (Å²) >= 11 is 0. The molecule has 5 nitrogen and oxygen atoms in total. The van der Waals surface area contributed by atoms with Crippen LogP contribution in [0.15, 0.2) is 4.99 Å². The maximum absolute atomic E-state index is 11.5. The van der Waals surface area contributed by atoms with Crippen LogP contribution in [0.4, 0.5) is 4.79 Å². The maximum atomic E-state index is 11.5. The Balaban J connectivity index is 2.81. The highest BCUT2D eigenvalue weighted by atomic mass is 16.5. The molecule has 1 heterocycles. The van der Waals surface area contributed by atoms with Crippen molar-refractivity contribution < 1.29 is 14.3 Å². The van der Waals surface area contributed by atoms with Crippen molar-refractivity contribution in [2.75, 3.05) is 6.61 Å². The number of aliphatic imine (C=N–C) groups is 1. The predicted octanol–water partition coefficient (Wildman–Crippen LogP) is 0.738. The van der Waals surface area contributed by atoms with E-state index in [2.05, 4.69) is 10.3 Å². The predicted molar refractivity (Wildman–Crippen MR) is 51.2 cm³/mol. The summed E-state index contributed by atoms with van der Waals surface area (Å²) in [6, 6.07) is -0.644. The number of rotatable bonds is 2. The van der Waals surface area contributed by atoms with Crippen molar-refractivity contribution in [2.24, 2.45) is 10.9 Å². The van der Waals surface area contributed by atoms with Crippen LogP contribution in [0.25, 0.3) is 0 Å². The number of urea groups is 1. The summed E-state index contributed by atoms with van der Waals surface area (Å²) in [5.74, 6) is -0.783. The fourth-order valence-electron chi connectivity index (χ4n) is 1.51. The number of carbonyl (C=O) groups excluding carboxylic acids is 2. The molecule has 0 aromatic rings. The zero-order valence-corrected chi connectivity index (χ0v) is 8.53. The van der Waals surface area contributed by atoms with Crippen LogP contribution in [-0.4, -0.2) is 30.4 Å². The number of carbonyl (C=O) groups is 2. The molecule has 0 aromatic carbocycles. The first-order valence-corrected chi connectivity index (χ1v) is 4.58. The molecule has 0 unspecified atom stereocenters. The average Bonchev–Trinajstić information content (AvgIpc) is 2.01. The van der Waals surface area contributed by atoms with Gasteiger partial charge in [-0.2, -0.15) is 0 Å². The largest absolute Gasteiger partial charge is 0.465 e. The summed E-state index contributed by atoms with van der Waals surface area (Å²) in [6.45, 7) is 5.51. The molecule has 2 amide bonds. The Morgan fingerprint density at radius 3 is 2.79 bits per heavy atom. The summed E-state index contributed by atoms with van der Waals surface area (Å²) in [6.07, 6.45) is 0. The number of amides is 2. The molecule has 0 spiro atoms. The molecular formula is C9H14N2O3. The molecule has 78 valence electrons. The maximum Gasteiger partial charge on any atom is 0.341 e. The monoisotopic (exact) mass is 198 g/mol. The lowest BCUT2D eigenvalue weighted by Crippen LogP contribution is -2.48. The third-order valence-corrected chi connectivity index (χ3v) is 2.12. The van der Waals surface area contributed by atoms with E-state index in [1.165, 1.54) is 0 Å². The molecular weight excluding hydrogens is 184 g/mol. The van der Waals surface area contributed by atoms with E-state index >= 15 is 0 Å². The van der Waals surface area contributed by atoms with Crippen LogP contribution in [-0.2, 0) is 9.53 Å². The van der Waals surface area contributed by atoms with E-state index in [4.69, 9.17) is 4.74 Å². The summed E-state index contributed by atoms with van der Waals surface area (Å²) in [4.78, 5) is 26.1. The van der Waals surface area contributed by atoms with Gasteiger partial charge in [0.2, 0.25) is 0 Å². The van der Waals surface area contributed by atoms with Crippen molar-refractivity contribution in [3.05, 3.63) is 0 Å². The zero-order valence-electron chi connectivity index (χ0n) is 8.53. The molecule has 5 heteroatoms. The van der Waals surface area contributed by atoms with E-state index in [-0.39, 0.29) is 12.0 Å². The van der Waals surface area contributed by atoms with E-state index in [1.807, 2.05) is 0 Å².